The molecule has 108 valence electrons. The number of nitrogens with zero attached hydrogens (tertiary/aromatic N) is 1. The van der Waals surface area contributed by atoms with Crippen LogP contribution >= 0.6 is 11.6 Å². The van der Waals surface area contributed by atoms with Gasteiger partial charge in [-0.15, -0.1) is 11.6 Å². The summed E-state index contributed by atoms with van der Waals surface area (Å²) in [7, 11) is 2.21. The number of rotatable bonds is 4. The summed E-state index contributed by atoms with van der Waals surface area (Å²) in [6.07, 6.45) is 5.06. The van der Waals surface area contributed by atoms with Crippen LogP contribution in [-0.2, 0) is 0 Å². The normalized spacial score (nSPS) is 19.2. The second-order valence-electron chi connectivity index (χ2n) is 5.23. The summed E-state index contributed by atoms with van der Waals surface area (Å²) >= 11 is 5.56. The first kappa shape index (κ1) is 15.2. The van der Waals surface area contributed by atoms with Crippen LogP contribution in [0.25, 0.3) is 0 Å². The summed E-state index contributed by atoms with van der Waals surface area (Å²) in [4.78, 5) is 2.45. The maximum absolute atomic E-state index is 5.85. The largest absolute Gasteiger partial charge is 0.493 e. The molecule has 2 rings (SSSR count). The van der Waals surface area contributed by atoms with Crippen LogP contribution in [0.5, 0.6) is 5.75 Å². The Morgan fingerprint density at radius 2 is 2.30 bits per heavy atom. The lowest BCUT2D eigenvalue weighted by atomic mass is 10.0. The molecule has 1 aromatic rings. The Bertz CT molecular complexity index is 477. The van der Waals surface area contributed by atoms with Gasteiger partial charge in [-0.25, -0.2) is 0 Å². The third kappa shape index (κ3) is 4.74. The Balaban J connectivity index is 1.81. The lowest BCUT2D eigenvalue weighted by molar-refractivity contribution is 0.153. The molecule has 0 radical (unpaired) electrons. The van der Waals surface area contributed by atoms with Gasteiger partial charge in [-0.05, 0) is 51.1 Å². The molecule has 1 aliphatic heterocycles. The Kier molecular flexibility index (Phi) is 6.24. The van der Waals surface area contributed by atoms with Crippen molar-refractivity contribution in [1.29, 1.82) is 0 Å². The first-order chi connectivity index (χ1) is 9.79. The zero-order valence-electron chi connectivity index (χ0n) is 12.1. The van der Waals surface area contributed by atoms with Gasteiger partial charge in [-0.1, -0.05) is 24.3 Å². The molecule has 0 aliphatic carbocycles. The molecule has 1 aromatic carbocycles. The van der Waals surface area contributed by atoms with E-state index in [1.807, 2.05) is 24.3 Å². The molecule has 0 N–H and O–H groups in total. The van der Waals surface area contributed by atoms with Gasteiger partial charge in [-0.3, -0.25) is 0 Å². The van der Waals surface area contributed by atoms with Crippen LogP contribution in [0, 0.1) is 11.8 Å². The van der Waals surface area contributed by atoms with Crippen molar-refractivity contribution in [3.05, 3.63) is 29.8 Å². The summed E-state index contributed by atoms with van der Waals surface area (Å²) in [5, 5.41) is 0. The van der Waals surface area contributed by atoms with Crippen molar-refractivity contribution in [2.75, 3.05) is 26.1 Å². The standard InChI is InChI=1S/C17H22ClNO/c1-19-12-3-2-8-16(19)10-13-20-17-9-4-6-15(14-17)7-5-11-18/h4,6,9,14,16H,2-3,8,10-13H2,1H3. The number of ether oxygens (including phenoxy) is 1. The number of benzene rings is 1. The SMILES string of the molecule is CN1CCCCC1CCOc1cccc(C#CCCl)c1. The van der Waals surface area contributed by atoms with E-state index >= 15 is 0 Å². The zero-order valence-corrected chi connectivity index (χ0v) is 12.8. The van der Waals surface area contributed by atoms with E-state index in [-0.39, 0.29) is 0 Å². The monoisotopic (exact) mass is 291 g/mol. The van der Waals surface area contributed by atoms with E-state index in [2.05, 4.69) is 23.8 Å². The molecule has 20 heavy (non-hydrogen) atoms. The zero-order chi connectivity index (χ0) is 14.2. The lowest BCUT2D eigenvalue weighted by Gasteiger charge is -2.32. The fourth-order valence-electron chi connectivity index (χ4n) is 2.62. The third-order valence-electron chi connectivity index (χ3n) is 3.77. The van der Waals surface area contributed by atoms with E-state index in [4.69, 9.17) is 16.3 Å². The Hall–Kier alpha value is -1.17. The summed E-state index contributed by atoms with van der Waals surface area (Å²) in [5.74, 6) is 7.12. The van der Waals surface area contributed by atoms with Crippen molar-refractivity contribution in [1.82, 2.24) is 4.90 Å². The molecule has 0 aromatic heterocycles. The van der Waals surface area contributed by atoms with Crippen molar-refractivity contribution in [3.63, 3.8) is 0 Å². The van der Waals surface area contributed by atoms with Crippen LogP contribution in [0.3, 0.4) is 0 Å². The van der Waals surface area contributed by atoms with Crippen molar-refractivity contribution in [2.24, 2.45) is 0 Å². The number of hydrogen-bond donors (Lipinski definition) is 0. The van der Waals surface area contributed by atoms with Gasteiger partial charge in [0, 0.05) is 11.6 Å². The van der Waals surface area contributed by atoms with E-state index in [0.29, 0.717) is 11.9 Å². The maximum Gasteiger partial charge on any atom is 0.120 e. The highest BCUT2D eigenvalue weighted by Gasteiger charge is 2.18. The van der Waals surface area contributed by atoms with Gasteiger partial charge in [-0.2, -0.15) is 0 Å². The average Bonchev–Trinajstić information content (AvgIpc) is 2.48. The highest BCUT2D eigenvalue weighted by molar-refractivity contribution is 6.19. The molecule has 1 saturated heterocycles. The molecular weight excluding hydrogens is 270 g/mol. The quantitative estimate of drug-likeness (QED) is 0.621. The van der Waals surface area contributed by atoms with Gasteiger partial charge >= 0.3 is 0 Å². The minimum absolute atomic E-state index is 0.360. The van der Waals surface area contributed by atoms with Gasteiger partial charge in [0.2, 0.25) is 0 Å². The summed E-state index contributed by atoms with van der Waals surface area (Å²) in [5.41, 5.74) is 0.956. The van der Waals surface area contributed by atoms with Crippen LogP contribution in [0.1, 0.15) is 31.2 Å². The van der Waals surface area contributed by atoms with Crippen LogP contribution < -0.4 is 4.74 Å². The number of likely N-dealkylation sites (tertiary alicyclic amines) is 1. The smallest absolute Gasteiger partial charge is 0.120 e. The van der Waals surface area contributed by atoms with Gasteiger partial charge in [0.25, 0.3) is 0 Å². The maximum atomic E-state index is 5.85. The highest BCUT2D eigenvalue weighted by Crippen LogP contribution is 2.19. The van der Waals surface area contributed by atoms with E-state index in [1.54, 1.807) is 0 Å². The Morgan fingerprint density at radius 1 is 1.40 bits per heavy atom. The van der Waals surface area contributed by atoms with E-state index in [1.165, 1.54) is 25.8 Å². The highest BCUT2D eigenvalue weighted by atomic mass is 35.5. The summed E-state index contributed by atoms with van der Waals surface area (Å²) in [6, 6.07) is 8.57. The fraction of sp³-hybridized carbons (Fsp3) is 0.529. The first-order valence-corrected chi connectivity index (χ1v) is 7.81. The number of halogens is 1. The topological polar surface area (TPSA) is 12.5 Å². The second kappa shape index (κ2) is 8.19. The molecule has 1 aliphatic rings. The average molecular weight is 292 g/mol. The van der Waals surface area contributed by atoms with Crippen LogP contribution in [0.2, 0.25) is 0 Å². The molecule has 1 heterocycles. The Morgan fingerprint density at radius 3 is 3.10 bits per heavy atom. The lowest BCUT2D eigenvalue weighted by Crippen LogP contribution is -2.37. The van der Waals surface area contributed by atoms with E-state index < -0.39 is 0 Å². The predicted octanol–water partition coefficient (Wildman–Crippen LogP) is 3.53. The van der Waals surface area contributed by atoms with E-state index in [9.17, 15) is 0 Å². The number of piperidine rings is 1. The van der Waals surface area contributed by atoms with Crippen molar-refractivity contribution >= 4 is 11.6 Å². The van der Waals surface area contributed by atoms with Gasteiger partial charge in [0.15, 0.2) is 0 Å². The van der Waals surface area contributed by atoms with Gasteiger partial charge in [0.1, 0.15) is 5.75 Å². The third-order valence-corrected chi connectivity index (χ3v) is 3.91. The molecule has 0 bridgehead atoms. The molecule has 3 heteroatoms. The molecule has 1 unspecified atom stereocenters. The van der Waals surface area contributed by atoms with Gasteiger partial charge in [0.05, 0.1) is 12.5 Å². The minimum atomic E-state index is 0.360. The molecule has 1 fully saturated rings. The number of alkyl halides is 1. The van der Waals surface area contributed by atoms with Crippen LogP contribution in [-0.4, -0.2) is 37.0 Å². The molecule has 0 saturated carbocycles. The Labute approximate surface area is 127 Å². The predicted molar refractivity (Wildman–Crippen MR) is 84.4 cm³/mol. The molecular formula is C17H22ClNO. The van der Waals surface area contributed by atoms with Crippen LogP contribution in [0.4, 0.5) is 0 Å². The molecule has 0 amide bonds. The fourth-order valence-corrected chi connectivity index (χ4v) is 2.69. The van der Waals surface area contributed by atoms with Gasteiger partial charge < -0.3 is 9.64 Å². The molecule has 0 spiro atoms. The number of hydrogen-bond acceptors (Lipinski definition) is 2. The second-order valence-corrected chi connectivity index (χ2v) is 5.50. The van der Waals surface area contributed by atoms with Crippen molar-refractivity contribution in [3.8, 4) is 17.6 Å². The first-order valence-electron chi connectivity index (χ1n) is 7.27. The molecule has 1 atom stereocenters. The van der Waals surface area contributed by atoms with Crippen molar-refractivity contribution < 1.29 is 4.74 Å². The minimum Gasteiger partial charge on any atom is -0.493 e. The van der Waals surface area contributed by atoms with E-state index in [0.717, 1.165) is 24.3 Å². The summed E-state index contributed by atoms with van der Waals surface area (Å²) < 4.78 is 5.85. The molecule has 2 nitrogen and oxygen atoms in total. The van der Waals surface area contributed by atoms with Crippen LogP contribution in [0.15, 0.2) is 24.3 Å². The summed E-state index contributed by atoms with van der Waals surface area (Å²) in [6.45, 7) is 1.98. The van der Waals surface area contributed by atoms with Crippen molar-refractivity contribution in [2.45, 2.75) is 31.7 Å².